The van der Waals surface area contributed by atoms with Crippen LogP contribution in [0.15, 0.2) is 24.4 Å². The number of nitrogens with one attached hydrogen (secondary N) is 1. The molecule has 0 unspecified atom stereocenters. The van der Waals surface area contributed by atoms with Crippen LogP contribution in [0.25, 0.3) is 5.65 Å². The summed E-state index contributed by atoms with van der Waals surface area (Å²) in [7, 11) is 1.71. The molecule has 3 aromatic rings. The molecule has 0 aromatic carbocycles. The predicted octanol–water partition coefficient (Wildman–Crippen LogP) is 1.34. The van der Waals surface area contributed by atoms with Gasteiger partial charge in [0.1, 0.15) is 17.2 Å². The highest BCUT2D eigenvalue weighted by atomic mass is 16.2. The molecule has 0 saturated carbocycles. The number of imidazole rings is 1. The van der Waals surface area contributed by atoms with Gasteiger partial charge < -0.3 is 9.30 Å². The van der Waals surface area contributed by atoms with Crippen molar-refractivity contribution in [1.82, 2.24) is 29.5 Å². The van der Waals surface area contributed by atoms with E-state index in [0.29, 0.717) is 18.1 Å². The van der Waals surface area contributed by atoms with Crippen LogP contribution in [0.3, 0.4) is 0 Å². The first kappa shape index (κ1) is 13.3. The maximum atomic E-state index is 12.4. The van der Waals surface area contributed by atoms with Crippen molar-refractivity contribution >= 4 is 11.6 Å². The Morgan fingerprint density at radius 2 is 2.14 bits per heavy atom. The SMILES string of the molecule is Cc1nc(CN(C)C(=O)c2cn3c(C)cccc3n2)n[nH]1. The molecular weight excluding hydrogens is 268 g/mol. The quantitative estimate of drug-likeness (QED) is 0.787. The number of aryl methyl sites for hydroxylation is 2. The normalized spacial score (nSPS) is 11.0. The fraction of sp³-hybridized carbons (Fsp3) is 0.286. The molecule has 0 bridgehead atoms. The van der Waals surface area contributed by atoms with Crippen molar-refractivity contribution in [3.63, 3.8) is 0 Å². The van der Waals surface area contributed by atoms with Crippen molar-refractivity contribution < 1.29 is 4.79 Å². The van der Waals surface area contributed by atoms with Crippen molar-refractivity contribution in [3.8, 4) is 0 Å². The standard InChI is InChI=1S/C14H16N6O/c1-9-5-4-6-13-16-11(7-20(9)13)14(21)19(3)8-12-15-10(2)17-18-12/h4-7H,8H2,1-3H3,(H,15,17,18). The number of rotatable bonds is 3. The van der Waals surface area contributed by atoms with E-state index in [-0.39, 0.29) is 5.91 Å². The van der Waals surface area contributed by atoms with Gasteiger partial charge in [-0.2, -0.15) is 5.10 Å². The van der Waals surface area contributed by atoms with E-state index in [0.717, 1.165) is 17.2 Å². The topological polar surface area (TPSA) is 79.2 Å². The summed E-state index contributed by atoms with van der Waals surface area (Å²) in [4.78, 5) is 22.5. The van der Waals surface area contributed by atoms with Crippen LogP contribution in [-0.4, -0.2) is 42.4 Å². The van der Waals surface area contributed by atoms with Gasteiger partial charge in [-0.3, -0.25) is 9.89 Å². The molecule has 3 rings (SSSR count). The minimum Gasteiger partial charge on any atom is -0.333 e. The number of aromatic nitrogens is 5. The monoisotopic (exact) mass is 284 g/mol. The Labute approximate surface area is 121 Å². The van der Waals surface area contributed by atoms with Gasteiger partial charge in [0.25, 0.3) is 5.91 Å². The maximum absolute atomic E-state index is 12.4. The molecule has 7 heteroatoms. The predicted molar refractivity (Wildman–Crippen MR) is 76.8 cm³/mol. The van der Waals surface area contributed by atoms with Crippen molar-refractivity contribution in [2.24, 2.45) is 0 Å². The van der Waals surface area contributed by atoms with Crippen LogP contribution < -0.4 is 0 Å². The van der Waals surface area contributed by atoms with Gasteiger partial charge in [-0.05, 0) is 26.0 Å². The van der Waals surface area contributed by atoms with Gasteiger partial charge in [-0.1, -0.05) is 6.07 Å². The first-order chi connectivity index (χ1) is 10.0. The molecule has 0 radical (unpaired) electrons. The van der Waals surface area contributed by atoms with E-state index < -0.39 is 0 Å². The number of carbonyl (C=O) groups excluding carboxylic acids is 1. The molecule has 108 valence electrons. The lowest BCUT2D eigenvalue weighted by atomic mass is 10.3. The van der Waals surface area contributed by atoms with Crippen LogP contribution in [0.4, 0.5) is 0 Å². The van der Waals surface area contributed by atoms with Gasteiger partial charge in [0.05, 0.1) is 6.54 Å². The molecule has 0 aliphatic heterocycles. The molecule has 21 heavy (non-hydrogen) atoms. The third kappa shape index (κ3) is 2.49. The Bertz CT molecular complexity index is 803. The zero-order chi connectivity index (χ0) is 15.0. The summed E-state index contributed by atoms with van der Waals surface area (Å²) >= 11 is 0. The van der Waals surface area contributed by atoms with Gasteiger partial charge in [0, 0.05) is 18.9 Å². The van der Waals surface area contributed by atoms with Gasteiger partial charge >= 0.3 is 0 Å². The smallest absolute Gasteiger partial charge is 0.274 e. The van der Waals surface area contributed by atoms with E-state index >= 15 is 0 Å². The summed E-state index contributed by atoms with van der Waals surface area (Å²) < 4.78 is 1.90. The molecule has 0 atom stereocenters. The molecule has 3 aromatic heterocycles. The number of hydrogen-bond donors (Lipinski definition) is 1. The molecule has 0 spiro atoms. The number of fused-ring (bicyclic) bond motifs is 1. The second-order valence-corrected chi connectivity index (χ2v) is 5.02. The van der Waals surface area contributed by atoms with Crippen LogP contribution in [0.2, 0.25) is 0 Å². The summed E-state index contributed by atoms with van der Waals surface area (Å²) in [6.07, 6.45) is 1.76. The van der Waals surface area contributed by atoms with Gasteiger partial charge in [-0.15, -0.1) is 0 Å². The highest BCUT2D eigenvalue weighted by molar-refractivity contribution is 5.92. The number of pyridine rings is 1. The Balaban J connectivity index is 1.84. The summed E-state index contributed by atoms with van der Waals surface area (Å²) in [6.45, 7) is 4.14. The second kappa shape index (κ2) is 5.01. The first-order valence-electron chi connectivity index (χ1n) is 6.62. The minimum atomic E-state index is -0.152. The Hall–Kier alpha value is -2.70. The molecule has 3 heterocycles. The molecule has 7 nitrogen and oxygen atoms in total. The summed E-state index contributed by atoms with van der Waals surface area (Å²) in [5, 5.41) is 6.80. The number of hydrogen-bond acceptors (Lipinski definition) is 4. The fourth-order valence-electron chi connectivity index (χ4n) is 2.19. The van der Waals surface area contributed by atoms with E-state index in [1.807, 2.05) is 36.4 Å². The van der Waals surface area contributed by atoms with Gasteiger partial charge in [0.15, 0.2) is 5.82 Å². The van der Waals surface area contributed by atoms with Crippen LogP contribution in [0.1, 0.15) is 27.8 Å². The highest BCUT2D eigenvalue weighted by Gasteiger charge is 2.17. The lowest BCUT2D eigenvalue weighted by Gasteiger charge is -2.13. The average molecular weight is 284 g/mol. The van der Waals surface area contributed by atoms with Gasteiger partial charge in [-0.25, -0.2) is 9.97 Å². The molecule has 0 saturated heterocycles. The molecule has 0 aliphatic rings. The number of aromatic amines is 1. The van der Waals surface area contributed by atoms with Crippen LogP contribution in [-0.2, 0) is 6.54 Å². The van der Waals surface area contributed by atoms with Gasteiger partial charge in [0.2, 0.25) is 0 Å². The highest BCUT2D eigenvalue weighted by Crippen LogP contribution is 2.11. The molecule has 0 aliphatic carbocycles. The zero-order valence-electron chi connectivity index (χ0n) is 12.2. The Kier molecular flexibility index (Phi) is 3.17. The van der Waals surface area contributed by atoms with Crippen LogP contribution in [0.5, 0.6) is 0 Å². The number of carbonyl (C=O) groups is 1. The number of nitrogens with zero attached hydrogens (tertiary/aromatic N) is 5. The molecule has 0 fully saturated rings. The lowest BCUT2D eigenvalue weighted by molar-refractivity contribution is 0.0776. The van der Waals surface area contributed by atoms with Crippen molar-refractivity contribution in [2.75, 3.05) is 7.05 Å². The van der Waals surface area contributed by atoms with E-state index in [2.05, 4.69) is 20.2 Å². The van der Waals surface area contributed by atoms with Crippen molar-refractivity contribution in [2.45, 2.75) is 20.4 Å². The fourth-order valence-corrected chi connectivity index (χ4v) is 2.19. The molecular formula is C14H16N6O. The van der Waals surface area contributed by atoms with Crippen molar-refractivity contribution in [1.29, 1.82) is 0 Å². The largest absolute Gasteiger partial charge is 0.333 e. The van der Waals surface area contributed by atoms with E-state index in [4.69, 9.17) is 0 Å². The van der Waals surface area contributed by atoms with E-state index in [1.165, 1.54) is 0 Å². The van der Waals surface area contributed by atoms with Crippen molar-refractivity contribution in [3.05, 3.63) is 47.4 Å². The average Bonchev–Trinajstić information content (AvgIpc) is 3.05. The third-order valence-electron chi connectivity index (χ3n) is 3.28. The summed E-state index contributed by atoms with van der Waals surface area (Å²) in [5.74, 6) is 1.16. The van der Waals surface area contributed by atoms with E-state index in [1.54, 1.807) is 18.1 Å². The minimum absolute atomic E-state index is 0.152. The molecule has 1 amide bonds. The third-order valence-corrected chi connectivity index (χ3v) is 3.28. The van der Waals surface area contributed by atoms with Crippen LogP contribution in [0, 0.1) is 13.8 Å². The molecule has 1 N–H and O–H groups in total. The zero-order valence-corrected chi connectivity index (χ0v) is 12.2. The first-order valence-corrected chi connectivity index (χ1v) is 6.62. The Morgan fingerprint density at radius 3 is 2.81 bits per heavy atom. The lowest BCUT2D eigenvalue weighted by Crippen LogP contribution is -2.27. The Morgan fingerprint density at radius 1 is 1.33 bits per heavy atom. The number of H-pyrrole nitrogens is 1. The summed E-state index contributed by atoms with van der Waals surface area (Å²) in [6, 6.07) is 5.78. The number of amides is 1. The van der Waals surface area contributed by atoms with E-state index in [9.17, 15) is 4.79 Å². The van der Waals surface area contributed by atoms with Crippen LogP contribution >= 0.6 is 0 Å². The maximum Gasteiger partial charge on any atom is 0.274 e. The second-order valence-electron chi connectivity index (χ2n) is 5.02. The summed E-state index contributed by atoms with van der Waals surface area (Å²) in [5.41, 5.74) is 2.21.